The molecule has 0 saturated carbocycles. The van der Waals surface area contributed by atoms with E-state index >= 15 is 0 Å². The normalized spacial score (nSPS) is 18.6. The van der Waals surface area contributed by atoms with Crippen molar-refractivity contribution in [3.8, 4) is 22.3 Å². The zero-order chi connectivity index (χ0) is 39.7. The third kappa shape index (κ3) is 10.5. The lowest BCUT2D eigenvalue weighted by molar-refractivity contribution is -0.119. The van der Waals surface area contributed by atoms with Crippen LogP contribution in [0.2, 0.25) is 0 Å². The Balaban J connectivity index is 0.000000208. The second-order valence-electron chi connectivity index (χ2n) is 15.7. The number of rotatable bonds is 9. The van der Waals surface area contributed by atoms with Gasteiger partial charge in [-0.15, -0.1) is 0 Å². The van der Waals surface area contributed by atoms with Gasteiger partial charge in [0.1, 0.15) is 5.60 Å². The summed E-state index contributed by atoms with van der Waals surface area (Å²) in [4.78, 5) is 39.5. The highest BCUT2D eigenvalue weighted by molar-refractivity contribution is 5.90. The first-order valence-corrected chi connectivity index (χ1v) is 19.6. The molecule has 2 unspecified atom stereocenters. The Labute approximate surface area is 331 Å². The fourth-order valence-corrected chi connectivity index (χ4v) is 7.67. The molecule has 2 N–H and O–H groups in total. The zero-order valence-corrected chi connectivity index (χ0v) is 32.8. The fourth-order valence-electron chi connectivity index (χ4n) is 7.67. The van der Waals surface area contributed by atoms with Gasteiger partial charge in [-0.3, -0.25) is 9.69 Å². The van der Waals surface area contributed by atoms with E-state index in [1.165, 1.54) is 27.2 Å². The lowest BCUT2D eigenvalue weighted by Crippen LogP contribution is -2.48. The van der Waals surface area contributed by atoms with E-state index in [4.69, 9.17) is 4.74 Å². The van der Waals surface area contributed by atoms with Gasteiger partial charge in [-0.1, -0.05) is 140 Å². The van der Waals surface area contributed by atoms with Crippen LogP contribution in [0.3, 0.4) is 0 Å². The average Bonchev–Trinajstić information content (AvgIpc) is 3.77. The van der Waals surface area contributed by atoms with Gasteiger partial charge in [0.25, 0.3) is 0 Å². The Kier molecular flexibility index (Phi) is 13.0. The minimum atomic E-state index is -1.02. The molecule has 0 spiro atoms. The first kappa shape index (κ1) is 39.9. The van der Waals surface area contributed by atoms with Crippen LogP contribution in [0, 0.1) is 0 Å². The molecule has 56 heavy (non-hydrogen) atoms. The molecule has 7 rings (SSSR count). The molecule has 0 radical (unpaired) electrons. The highest BCUT2D eigenvalue weighted by Gasteiger charge is 2.40. The summed E-state index contributed by atoms with van der Waals surface area (Å²) < 4.78 is 5.78. The Bertz CT molecular complexity index is 2070. The summed E-state index contributed by atoms with van der Waals surface area (Å²) in [5.41, 5.74) is 7.52. The van der Waals surface area contributed by atoms with Gasteiger partial charge in [0.15, 0.2) is 5.78 Å². The van der Waals surface area contributed by atoms with E-state index in [9.17, 15) is 19.5 Å². The van der Waals surface area contributed by atoms with Gasteiger partial charge in [-0.05, 0) is 79.5 Å². The minimum absolute atomic E-state index is 0.00696. The van der Waals surface area contributed by atoms with Crippen molar-refractivity contribution >= 4 is 18.0 Å². The van der Waals surface area contributed by atoms with Gasteiger partial charge < -0.3 is 20.1 Å². The van der Waals surface area contributed by atoms with Crippen molar-refractivity contribution in [1.82, 2.24) is 15.1 Å². The quantitative estimate of drug-likeness (QED) is 0.156. The molecular formula is C48H53N3O5. The van der Waals surface area contributed by atoms with Crippen LogP contribution < -0.4 is 5.32 Å². The van der Waals surface area contributed by atoms with E-state index in [-0.39, 0.29) is 30.0 Å². The summed E-state index contributed by atoms with van der Waals surface area (Å²) in [5.74, 6) is 0.00696. The van der Waals surface area contributed by atoms with Crippen molar-refractivity contribution in [3.63, 3.8) is 0 Å². The molecule has 8 nitrogen and oxygen atoms in total. The number of nitrogens with one attached hydrogen (secondary N) is 1. The summed E-state index contributed by atoms with van der Waals surface area (Å²) in [7, 11) is 0. The number of carboxylic acid groups (broad SMARTS) is 1. The highest BCUT2D eigenvalue weighted by atomic mass is 16.6. The summed E-state index contributed by atoms with van der Waals surface area (Å²) in [5, 5.41) is 13.0. The number of ketones is 1. The van der Waals surface area contributed by atoms with Crippen LogP contribution in [0.25, 0.3) is 22.3 Å². The van der Waals surface area contributed by atoms with Crippen LogP contribution in [-0.2, 0) is 22.4 Å². The molecule has 2 fully saturated rings. The van der Waals surface area contributed by atoms with Crippen LogP contribution in [0.5, 0.6) is 0 Å². The van der Waals surface area contributed by atoms with E-state index in [2.05, 4.69) is 85.0 Å². The number of benzene rings is 5. The Morgan fingerprint density at radius 2 is 1.23 bits per heavy atom. The third-order valence-electron chi connectivity index (χ3n) is 10.5. The van der Waals surface area contributed by atoms with Crippen molar-refractivity contribution in [2.75, 3.05) is 13.1 Å². The second-order valence-corrected chi connectivity index (χ2v) is 15.7. The Morgan fingerprint density at radius 1 is 0.714 bits per heavy atom. The Hall–Kier alpha value is -5.73. The molecule has 0 aromatic heterocycles. The van der Waals surface area contributed by atoms with Gasteiger partial charge in [-0.25, -0.2) is 9.59 Å². The molecule has 2 aliphatic rings. The molecule has 290 valence electrons. The number of ether oxygens (including phenoxy) is 1. The zero-order valence-electron chi connectivity index (χ0n) is 32.8. The largest absolute Gasteiger partial charge is 0.465 e. The standard InChI is InChI=1S/C30H36N2O2.C18H17NO3/c1-22(24-13-7-5-8-14-24)31-27-18-19-32(29(33)34-30(2,3)4)28(27)21-23-12-11-17-26(20-23)25-15-9-6-10-16-25;20-17-9-10-19(18(21)22)16(17)12-13-5-4-8-15(11-13)14-6-2-1-3-7-14/h5-17,20,22,27-28,31H,18-19,21H2,1-4H3;1-8,11,16H,9-10,12H2,(H,21,22)/t22?,27-,28-;/m0./s1. The number of carbonyl (C=O) groups excluding carboxylic acids is 2. The number of amides is 2. The van der Waals surface area contributed by atoms with E-state index < -0.39 is 17.7 Å². The topological polar surface area (TPSA) is 99.2 Å². The fraction of sp³-hybridized carbons (Fsp3) is 0.312. The molecule has 5 aromatic rings. The number of likely N-dealkylation sites (tertiary alicyclic amines) is 2. The van der Waals surface area contributed by atoms with Crippen molar-refractivity contribution in [1.29, 1.82) is 0 Å². The van der Waals surface area contributed by atoms with Crippen molar-refractivity contribution in [2.45, 2.75) is 83.1 Å². The van der Waals surface area contributed by atoms with Crippen LogP contribution >= 0.6 is 0 Å². The minimum Gasteiger partial charge on any atom is -0.465 e. The molecule has 2 aliphatic heterocycles. The SMILES string of the molecule is CC(N[C@H]1CCN(C(=O)OC(C)(C)C)[C@H]1Cc1cccc(-c2ccccc2)c1)c1ccccc1.O=C1CCN(C(=O)O)C1Cc1cccc(-c2ccccc2)c1. The Morgan fingerprint density at radius 3 is 1.77 bits per heavy atom. The smallest absolute Gasteiger partial charge is 0.410 e. The number of hydrogen-bond donors (Lipinski definition) is 2. The predicted molar refractivity (Wildman–Crippen MR) is 222 cm³/mol. The third-order valence-corrected chi connectivity index (χ3v) is 10.5. The van der Waals surface area contributed by atoms with E-state index in [1.54, 1.807) is 0 Å². The number of Topliss-reactive ketones (excluding diaryl/α,β-unsaturated/α-hetero) is 1. The summed E-state index contributed by atoms with van der Waals surface area (Å²) >= 11 is 0. The van der Waals surface area contributed by atoms with Gasteiger partial charge in [0.05, 0.1) is 12.1 Å². The molecular weight excluding hydrogens is 699 g/mol. The van der Waals surface area contributed by atoms with Crippen LogP contribution in [-0.4, -0.2) is 69.7 Å². The van der Waals surface area contributed by atoms with Crippen LogP contribution in [0.15, 0.2) is 140 Å². The monoisotopic (exact) mass is 751 g/mol. The number of nitrogens with zero attached hydrogens (tertiary/aromatic N) is 2. The summed E-state index contributed by atoms with van der Waals surface area (Å²) in [6, 6.07) is 47.4. The maximum absolute atomic E-state index is 13.1. The maximum atomic E-state index is 13.1. The first-order valence-electron chi connectivity index (χ1n) is 19.6. The van der Waals surface area contributed by atoms with Crippen molar-refractivity contribution in [3.05, 3.63) is 156 Å². The van der Waals surface area contributed by atoms with E-state index in [0.29, 0.717) is 25.9 Å². The molecule has 2 saturated heterocycles. The molecule has 5 aromatic carbocycles. The predicted octanol–water partition coefficient (Wildman–Crippen LogP) is 9.84. The summed E-state index contributed by atoms with van der Waals surface area (Å²) in [6.07, 6.45) is 1.18. The summed E-state index contributed by atoms with van der Waals surface area (Å²) in [6.45, 7) is 8.96. The van der Waals surface area contributed by atoms with Crippen LogP contribution in [0.1, 0.15) is 63.3 Å². The lowest BCUT2D eigenvalue weighted by atomic mass is 9.96. The maximum Gasteiger partial charge on any atom is 0.410 e. The number of hydrogen-bond acceptors (Lipinski definition) is 5. The van der Waals surface area contributed by atoms with E-state index in [0.717, 1.165) is 29.5 Å². The molecule has 2 amide bonds. The molecule has 0 bridgehead atoms. The first-order chi connectivity index (χ1) is 26.9. The van der Waals surface area contributed by atoms with Gasteiger partial charge >= 0.3 is 12.2 Å². The lowest BCUT2D eigenvalue weighted by Gasteiger charge is -2.32. The van der Waals surface area contributed by atoms with Crippen LogP contribution in [0.4, 0.5) is 9.59 Å². The molecule has 2 heterocycles. The molecule has 8 heteroatoms. The average molecular weight is 752 g/mol. The number of carbonyl (C=O) groups is 3. The van der Waals surface area contributed by atoms with Gasteiger partial charge in [0, 0.05) is 38.0 Å². The van der Waals surface area contributed by atoms with Crippen molar-refractivity contribution in [2.24, 2.45) is 0 Å². The molecule has 4 atom stereocenters. The second kappa shape index (κ2) is 18.3. The highest BCUT2D eigenvalue weighted by Crippen LogP contribution is 2.29. The van der Waals surface area contributed by atoms with Crippen molar-refractivity contribution < 1.29 is 24.2 Å². The molecule has 0 aliphatic carbocycles. The van der Waals surface area contributed by atoms with E-state index in [1.807, 2.05) is 92.4 Å². The van der Waals surface area contributed by atoms with Gasteiger partial charge in [0.2, 0.25) is 0 Å². The van der Waals surface area contributed by atoms with Gasteiger partial charge in [-0.2, -0.15) is 0 Å².